The predicted molar refractivity (Wildman–Crippen MR) is 89.9 cm³/mol. The van der Waals surface area contributed by atoms with E-state index in [0.29, 0.717) is 5.92 Å². The second kappa shape index (κ2) is 9.77. The Morgan fingerprint density at radius 1 is 1.40 bits per heavy atom. The average Bonchev–Trinajstić information content (AvgIpc) is 2.98. The second-order valence-corrected chi connectivity index (χ2v) is 5.94. The summed E-state index contributed by atoms with van der Waals surface area (Å²) in [5.74, 6) is 1.39. The van der Waals surface area contributed by atoms with Gasteiger partial charge in [0.15, 0.2) is 5.96 Å². The number of likely N-dealkylation sites (N-methyl/N-ethyl adjacent to an activating group) is 1. The highest BCUT2D eigenvalue weighted by Gasteiger charge is 2.06. The van der Waals surface area contributed by atoms with Crippen molar-refractivity contribution in [3.8, 4) is 0 Å². The van der Waals surface area contributed by atoms with Gasteiger partial charge in [-0.1, -0.05) is 19.9 Å². The number of rotatable bonds is 8. The molecule has 0 saturated carbocycles. The zero-order chi connectivity index (χ0) is 14.8. The van der Waals surface area contributed by atoms with Crippen molar-refractivity contribution in [3.05, 3.63) is 22.4 Å². The van der Waals surface area contributed by atoms with E-state index in [0.717, 1.165) is 38.7 Å². The van der Waals surface area contributed by atoms with E-state index >= 15 is 0 Å². The summed E-state index contributed by atoms with van der Waals surface area (Å²) in [6.07, 6.45) is 0. The van der Waals surface area contributed by atoms with Gasteiger partial charge in [-0.2, -0.15) is 0 Å². The van der Waals surface area contributed by atoms with Crippen molar-refractivity contribution in [2.45, 2.75) is 26.7 Å². The maximum Gasteiger partial charge on any atom is 0.191 e. The van der Waals surface area contributed by atoms with Gasteiger partial charge in [0.05, 0.1) is 6.54 Å². The fraction of sp³-hybridized carbons (Fsp3) is 0.667. The first-order valence-electron chi connectivity index (χ1n) is 7.41. The molecular weight excluding hydrogens is 268 g/mol. The summed E-state index contributed by atoms with van der Waals surface area (Å²) in [4.78, 5) is 8.36. The fourth-order valence-electron chi connectivity index (χ4n) is 1.75. The number of aliphatic imine (C=N–C) groups is 1. The van der Waals surface area contributed by atoms with Gasteiger partial charge < -0.3 is 15.5 Å². The van der Waals surface area contributed by atoms with Gasteiger partial charge in [-0.25, -0.2) is 0 Å². The second-order valence-electron chi connectivity index (χ2n) is 4.96. The normalized spacial score (nSPS) is 13.6. The Kier molecular flexibility index (Phi) is 8.30. The molecule has 1 heterocycles. The maximum atomic E-state index is 4.67. The van der Waals surface area contributed by atoms with Crippen molar-refractivity contribution in [3.63, 3.8) is 0 Å². The Morgan fingerprint density at radius 3 is 2.80 bits per heavy atom. The largest absolute Gasteiger partial charge is 0.357 e. The molecule has 1 unspecified atom stereocenters. The lowest BCUT2D eigenvalue weighted by Gasteiger charge is -2.16. The molecule has 0 fully saturated rings. The first-order valence-corrected chi connectivity index (χ1v) is 8.29. The summed E-state index contributed by atoms with van der Waals surface area (Å²) in [5, 5.41) is 8.81. The van der Waals surface area contributed by atoms with E-state index in [4.69, 9.17) is 0 Å². The molecule has 0 amide bonds. The Morgan fingerprint density at radius 2 is 2.20 bits per heavy atom. The van der Waals surface area contributed by atoms with E-state index in [-0.39, 0.29) is 0 Å². The zero-order valence-electron chi connectivity index (χ0n) is 13.1. The highest BCUT2D eigenvalue weighted by Crippen LogP contribution is 2.20. The maximum absolute atomic E-state index is 4.67. The van der Waals surface area contributed by atoms with Gasteiger partial charge in [-0.3, -0.25) is 4.99 Å². The Hall–Kier alpha value is -1.07. The van der Waals surface area contributed by atoms with Gasteiger partial charge in [-0.15, -0.1) is 11.3 Å². The lowest BCUT2D eigenvalue weighted by molar-refractivity contribution is 0.357. The van der Waals surface area contributed by atoms with Crippen LogP contribution in [0.25, 0.3) is 0 Å². The monoisotopic (exact) mass is 296 g/mol. The molecule has 0 aromatic carbocycles. The topological polar surface area (TPSA) is 39.7 Å². The van der Waals surface area contributed by atoms with Crippen LogP contribution in [-0.4, -0.2) is 50.6 Å². The molecule has 0 radical (unpaired) electrons. The molecule has 0 aliphatic rings. The van der Waals surface area contributed by atoms with Gasteiger partial charge >= 0.3 is 0 Å². The van der Waals surface area contributed by atoms with Crippen LogP contribution in [0.2, 0.25) is 0 Å². The van der Waals surface area contributed by atoms with Crippen LogP contribution in [0.3, 0.4) is 0 Å². The van der Waals surface area contributed by atoms with Crippen LogP contribution in [0.15, 0.2) is 22.5 Å². The molecule has 1 aromatic heterocycles. The van der Waals surface area contributed by atoms with Crippen molar-refractivity contribution in [2.24, 2.45) is 4.99 Å². The van der Waals surface area contributed by atoms with Crippen molar-refractivity contribution in [1.82, 2.24) is 15.5 Å². The van der Waals surface area contributed by atoms with Crippen LogP contribution in [0.4, 0.5) is 0 Å². The molecule has 0 bridgehead atoms. The third-order valence-corrected chi connectivity index (χ3v) is 4.33. The highest BCUT2D eigenvalue weighted by atomic mass is 32.1. The van der Waals surface area contributed by atoms with Gasteiger partial charge in [0.25, 0.3) is 0 Å². The van der Waals surface area contributed by atoms with Crippen LogP contribution in [0.5, 0.6) is 0 Å². The standard InChI is InChI=1S/C15H28N4S/c1-5-16-15(17-9-10-19(4)6-2)18-12-13(3)14-8-7-11-20-14/h7-8,11,13H,5-6,9-10,12H2,1-4H3,(H2,16,17,18). The molecule has 114 valence electrons. The molecule has 0 aliphatic heterocycles. The summed E-state index contributed by atoms with van der Waals surface area (Å²) in [7, 11) is 2.13. The summed E-state index contributed by atoms with van der Waals surface area (Å²) in [6, 6.07) is 4.28. The number of hydrogen-bond acceptors (Lipinski definition) is 3. The van der Waals surface area contributed by atoms with Gasteiger partial charge in [0, 0.05) is 30.4 Å². The number of nitrogens with one attached hydrogen (secondary N) is 2. The molecule has 2 N–H and O–H groups in total. The molecular formula is C15H28N4S. The van der Waals surface area contributed by atoms with Crippen molar-refractivity contribution in [1.29, 1.82) is 0 Å². The van der Waals surface area contributed by atoms with Crippen molar-refractivity contribution < 1.29 is 0 Å². The number of nitrogens with zero attached hydrogens (tertiary/aromatic N) is 2. The molecule has 1 atom stereocenters. The summed E-state index contributed by atoms with van der Waals surface area (Å²) < 4.78 is 0. The summed E-state index contributed by atoms with van der Waals surface area (Å²) in [6.45, 7) is 11.2. The highest BCUT2D eigenvalue weighted by molar-refractivity contribution is 7.10. The lowest BCUT2D eigenvalue weighted by atomic mass is 10.1. The molecule has 0 saturated heterocycles. The third-order valence-electron chi connectivity index (χ3n) is 3.22. The smallest absolute Gasteiger partial charge is 0.191 e. The minimum absolute atomic E-state index is 0.476. The van der Waals surface area contributed by atoms with E-state index in [2.05, 4.69) is 65.9 Å². The molecule has 1 aromatic rings. The Bertz CT molecular complexity index is 375. The van der Waals surface area contributed by atoms with E-state index in [1.165, 1.54) is 4.88 Å². The van der Waals surface area contributed by atoms with Crippen molar-refractivity contribution in [2.75, 3.05) is 39.8 Å². The van der Waals surface area contributed by atoms with Crippen LogP contribution >= 0.6 is 11.3 Å². The third kappa shape index (κ3) is 6.39. The van der Waals surface area contributed by atoms with E-state index in [9.17, 15) is 0 Å². The van der Waals surface area contributed by atoms with Gasteiger partial charge in [-0.05, 0) is 32.0 Å². The van der Waals surface area contributed by atoms with E-state index < -0.39 is 0 Å². The molecule has 4 nitrogen and oxygen atoms in total. The van der Waals surface area contributed by atoms with Crippen LogP contribution in [0.1, 0.15) is 31.6 Å². The zero-order valence-corrected chi connectivity index (χ0v) is 14.0. The quantitative estimate of drug-likeness (QED) is 0.571. The van der Waals surface area contributed by atoms with Gasteiger partial charge in [0.2, 0.25) is 0 Å². The minimum Gasteiger partial charge on any atom is -0.357 e. The molecule has 1 rings (SSSR count). The van der Waals surface area contributed by atoms with Crippen LogP contribution in [0, 0.1) is 0 Å². The van der Waals surface area contributed by atoms with Crippen LogP contribution in [-0.2, 0) is 0 Å². The Labute approximate surface area is 127 Å². The number of thiophene rings is 1. The number of hydrogen-bond donors (Lipinski definition) is 2. The molecule has 0 aliphatic carbocycles. The average molecular weight is 296 g/mol. The minimum atomic E-state index is 0.476. The number of guanidine groups is 1. The van der Waals surface area contributed by atoms with E-state index in [1.807, 2.05) is 0 Å². The lowest BCUT2D eigenvalue weighted by Crippen LogP contribution is -2.41. The van der Waals surface area contributed by atoms with E-state index in [1.54, 1.807) is 11.3 Å². The van der Waals surface area contributed by atoms with Crippen LogP contribution < -0.4 is 10.6 Å². The molecule has 5 heteroatoms. The molecule has 0 spiro atoms. The first kappa shape index (κ1) is 17.0. The SMILES string of the molecule is CCNC(=NCC(C)c1cccs1)NCCN(C)CC. The first-order chi connectivity index (χ1) is 9.67. The molecule has 20 heavy (non-hydrogen) atoms. The summed E-state index contributed by atoms with van der Waals surface area (Å²) >= 11 is 1.80. The summed E-state index contributed by atoms with van der Waals surface area (Å²) in [5.41, 5.74) is 0. The Balaban J connectivity index is 2.41. The van der Waals surface area contributed by atoms with Gasteiger partial charge in [0.1, 0.15) is 0 Å². The predicted octanol–water partition coefficient (Wildman–Crippen LogP) is 2.36. The fourth-order valence-corrected chi connectivity index (χ4v) is 2.53. The van der Waals surface area contributed by atoms with Crippen molar-refractivity contribution >= 4 is 17.3 Å².